The molecule has 2 nitrogen and oxygen atoms in total. The van der Waals surface area contributed by atoms with Gasteiger partial charge in [-0.2, -0.15) is 0 Å². The molecule has 108 valence electrons. The Hall–Kier alpha value is -0.0800. The number of hydrogen-bond acceptors (Lipinski definition) is 2. The quantitative estimate of drug-likeness (QED) is 0.629. The van der Waals surface area contributed by atoms with Crippen LogP contribution in [0.4, 0.5) is 0 Å². The highest BCUT2D eigenvalue weighted by Gasteiger charge is 2.21. The van der Waals surface area contributed by atoms with Gasteiger partial charge in [-0.05, 0) is 46.3 Å². The summed E-state index contributed by atoms with van der Waals surface area (Å²) in [6.07, 6.45) is 12.5. The number of nitrogens with zero attached hydrogens (tertiary/aromatic N) is 1. The van der Waals surface area contributed by atoms with Crippen molar-refractivity contribution in [2.45, 2.75) is 83.7 Å². The lowest BCUT2D eigenvalue weighted by molar-refractivity contribution is 0.168. The molecule has 0 saturated carbocycles. The summed E-state index contributed by atoms with van der Waals surface area (Å²) < 4.78 is 0. The third-order valence-electron chi connectivity index (χ3n) is 4.42. The largest absolute Gasteiger partial charge is 0.314 e. The average molecular weight is 254 g/mol. The van der Waals surface area contributed by atoms with Crippen molar-refractivity contribution in [3.8, 4) is 0 Å². The molecule has 0 aromatic heterocycles. The molecule has 0 bridgehead atoms. The van der Waals surface area contributed by atoms with Crippen LogP contribution in [0.5, 0.6) is 0 Å². The summed E-state index contributed by atoms with van der Waals surface area (Å²) in [5, 5.41) is 3.75. The Kier molecular flexibility index (Phi) is 8.70. The maximum Gasteiger partial charge on any atom is 0.00940 e. The van der Waals surface area contributed by atoms with Crippen LogP contribution in [0.25, 0.3) is 0 Å². The van der Waals surface area contributed by atoms with Gasteiger partial charge in [0.05, 0.1) is 0 Å². The Morgan fingerprint density at radius 1 is 1.06 bits per heavy atom. The van der Waals surface area contributed by atoms with Gasteiger partial charge in [-0.15, -0.1) is 0 Å². The lowest BCUT2D eigenvalue weighted by Gasteiger charge is -2.35. The van der Waals surface area contributed by atoms with Gasteiger partial charge < -0.3 is 10.2 Å². The Morgan fingerprint density at radius 2 is 1.72 bits per heavy atom. The van der Waals surface area contributed by atoms with Crippen LogP contribution in [-0.4, -0.2) is 37.1 Å². The van der Waals surface area contributed by atoms with Crippen LogP contribution in [0, 0.1) is 0 Å². The van der Waals surface area contributed by atoms with E-state index in [0.717, 1.165) is 12.1 Å². The molecule has 2 heteroatoms. The van der Waals surface area contributed by atoms with Crippen molar-refractivity contribution in [1.82, 2.24) is 10.2 Å². The van der Waals surface area contributed by atoms with Gasteiger partial charge in [0.1, 0.15) is 0 Å². The van der Waals surface area contributed by atoms with E-state index in [1.165, 1.54) is 70.9 Å². The third kappa shape index (κ3) is 6.75. The van der Waals surface area contributed by atoms with Crippen LogP contribution in [0.3, 0.4) is 0 Å². The Morgan fingerprint density at radius 3 is 2.39 bits per heavy atom. The molecular weight excluding hydrogens is 220 g/mol. The molecule has 1 fully saturated rings. The topological polar surface area (TPSA) is 15.3 Å². The fourth-order valence-corrected chi connectivity index (χ4v) is 2.86. The summed E-state index contributed by atoms with van der Waals surface area (Å²) in [6.45, 7) is 7.12. The summed E-state index contributed by atoms with van der Waals surface area (Å²) >= 11 is 0. The minimum absolute atomic E-state index is 0.755. The maximum atomic E-state index is 3.75. The summed E-state index contributed by atoms with van der Waals surface area (Å²) in [6, 6.07) is 1.53. The molecule has 0 amide bonds. The first-order valence-corrected chi connectivity index (χ1v) is 8.17. The molecule has 0 spiro atoms. The smallest absolute Gasteiger partial charge is 0.00940 e. The summed E-state index contributed by atoms with van der Waals surface area (Å²) in [4.78, 5) is 2.48. The molecule has 2 atom stereocenters. The van der Waals surface area contributed by atoms with Crippen LogP contribution in [0.2, 0.25) is 0 Å². The molecule has 1 heterocycles. The predicted octanol–water partition coefficient (Wildman–Crippen LogP) is 3.81. The van der Waals surface area contributed by atoms with Gasteiger partial charge in [-0.25, -0.2) is 0 Å². The number of unbranched alkanes of at least 4 members (excludes halogenated alkanes) is 6. The van der Waals surface area contributed by atoms with Crippen LogP contribution in [-0.2, 0) is 0 Å². The van der Waals surface area contributed by atoms with Crippen molar-refractivity contribution in [1.29, 1.82) is 0 Å². The van der Waals surface area contributed by atoms with E-state index >= 15 is 0 Å². The second kappa shape index (κ2) is 9.80. The molecule has 1 saturated heterocycles. The average Bonchev–Trinajstić information content (AvgIpc) is 2.37. The van der Waals surface area contributed by atoms with E-state index in [9.17, 15) is 0 Å². The molecule has 0 aromatic carbocycles. The molecule has 0 radical (unpaired) electrons. The SMILES string of the molecule is CCCCCCCCCNC1CCN(C)C(C)C1. The van der Waals surface area contributed by atoms with Crippen molar-refractivity contribution in [3.05, 3.63) is 0 Å². The second-order valence-electron chi connectivity index (χ2n) is 6.13. The van der Waals surface area contributed by atoms with E-state index in [0.29, 0.717) is 0 Å². The minimum Gasteiger partial charge on any atom is -0.314 e. The number of nitrogens with one attached hydrogen (secondary N) is 1. The van der Waals surface area contributed by atoms with Crippen molar-refractivity contribution in [3.63, 3.8) is 0 Å². The minimum atomic E-state index is 0.755. The molecule has 0 aliphatic carbocycles. The Bertz CT molecular complexity index is 194. The molecule has 1 aliphatic heterocycles. The number of likely N-dealkylation sites (tertiary alicyclic amines) is 1. The van der Waals surface area contributed by atoms with Crippen molar-refractivity contribution < 1.29 is 0 Å². The van der Waals surface area contributed by atoms with Crippen molar-refractivity contribution in [2.24, 2.45) is 0 Å². The molecule has 1 aliphatic rings. The summed E-state index contributed by atoms with van der Waals surface area (Å²) in [5.41, 5.74) is 0. The van der Waals surface area contributed by atoms with Gasteiger partial charge in [-0.1, -0.05) is 45.4 Å². The van der Waals surface area contributed by atoms with Gasteiger partial charge in [0.25, 0.3) is 0 Å². The fourth-order valence-electron chi connectivity index (χ4n) is 2.86. The summed E-state index contributed by atoms with van der Waals surface area (Å²) in [7, 11) is 2.25. The summed E-state index contributed by atoms with van der Waals surface area (Å²) in [5.74, 6) is 0. The fraction of sp³-hybridized carbons (Fsp3) is 1.00. The van der Waals surface area contributed by atoms with E-state index < -0.39 is 0 Å². The van der Waals surface area contributed by atoms with Crippen LogP contribution < -0.4 is 5.32 Å². The van der Waals surface area contributed by atoms with E-state index in [2.05, 4.69) is 31.1 Å². The predicted molar refractivity (Wildman–Crippen MR) is 81.1 cm³/mol. The normalized spacial score (nSPS) is 25.5. The lowest BCUT2D eigenvalue weighted by Crippen LogP contribution is -2.45. The van der Waals surface area contributed by atoms with Gasteiger partial charge in [0.2, 0.25) is 0 Å². The standard InChI is InChI=1S/C16H34N2/c1-4-5-6-7-8-9-10-12-17-16-11-13-18(3)15(2)14-16/h15-17H,4-14H2,1-3H3. The number of hydrogen-bond donors (Lipinski definition) is 1. The first-order valence-electron chi connectivity index (χ1n) is 8.17. The lowest BCUT2D eigenvalue weighted by atomic mass is 9.99. The highest BCUT2D eigenvalue weighted by atomic mass is 15.1. The van der Waals surface area contributed by atoms with E-state index in [1.807, 2.05) is 0 Å². The van der Waals surface area contributed by atoms with Gasteiger partial charge in [0, 0.05) is 12.1 Å². The Labute approximate surface area is 115 Å². The molecular formula is C16H34N2. The number of rotatable bonds is 9. The first kappa shape index (κ1) is 16.0. The molecule has 18 heavy (non-hydrogen) atoms. The van der Waals surface area contributed by atoms with Crippen LogP contribution in [0.1, 0.15) is 71.6 Å². The maximum absolute atomic E-state index is 3.75. The second-order valence-corrected chi connectivity index (χ2v) is 6.13. The molecule has 0 aromatic rings. The zero-order valence-electron chi connectivity index (χ0n) is 12.9. The van der Waals surface area contributed by atoms with Crippen molar-refractivity contribution >= 4 is 0 Å². The van der Waals surface area contributed by atoms with E-state index in [-0.39, 0.29) is 0 Å². The number of piperidine rings is 1. The van der Waals surface area contributed by atoms with Crippen LogP contribution >= 0.6 is 0 Å². The highest BCUT2D eigenvalue weighted by molar-refractivity contribution is 4.80. The molecule has 1 rings (SSSR count). The van der Waals surface area contributed by atoms with Crippen molar-refractivity contribution in [2.75, 3.05) is 20.1 Å². The zero-order chi connectivity index (χ0) is 13.2. The van der Waals surface area contributed by atoms with Gasteiger partial charge in [0.15, 0.2) is 0 Å². The monoisotopic (exact) mass is 254 g/mol. The van der Waals surface area contributed by atoms with Gasteiger partial charge in [-0.3, -0.25) is 0 Å². The van der Waals surface area contributed by atoms with Crippen LogP contribution in [0.15, 0.2) is 0 Å². The zero-order valence-corrected chi connectivity index (χ0v) is 12.9. The van der Waals surface area contributed by atoms with Gasteiger partial charge >= 0.3 is 0 Å². The van der Waals surface area contributed by atoms with E-state index in [4.69, 9.17) is 0 Å². The first-order chi connectivity index (χ1) is 8.74. The molecule has 1 N–H and O–H groups in total. The Balaban J connectivity index is 1.89. The molecule has 2 unspecified atom stereocenters. The third-order valence-corrected chi connectivity index (χ3v) is 4.42. The highest BCUT2D eigenvalue weighted by Crippen LogP contribution is 2.15. The van der Waals surface area contributed by atoms with E-state index in [1.54, 1.807) is 0 Å².